The number of nitrogens with one attached hydrogen (secondary N) is 2. The van der Waals surface area contributed by atoms with Crippen molar-refractivity contribution in [3.63, 3.8) is 0 Å². The van der Waals surface area contributed by atoms with Crippen LogP contribution < -0.4 is 10.6 Å². The van der Waals surface area contributed by atoms with Gasteiger partial charge in [-0.05, 0) is 44.0 Å². The number of ether oxygens (including phenoxy) is 1. The van der Waals surface area contributed by atoms with Gasteiger partial charge < -0.3 is 15.4 Å². The average Bonchev–Trinajstić information content (AvgIpc) is 3.55. The van der Waals surface area contributed by atoms with Crippen LogP contribution in [-0.2, 0) is 24.2 Å². The summed E-state index contributed by atoms with van der Waals surface area (Å²) in [5, 5.41) is 5.40. The Hall–Kier alpha value is -3.20. The maximum absolute atomic E-state index is 12.3. The molecule has 0 saturated heterocycles. The van der Waals surface area contributed by atoms with E-state index in [2.05, 4.69) is 10.6 Å². The van der Waals surface area contributed by atoms with Gasteiger partial charge in [0.05, 0.1) is 28.3 Å². The van der Waals surface area contributed by atoms with E-state index in [0.717, 1.165) is 18.4 Å². The molecule has 3 rings (SSSR count). The Morgan fingerprint density at radius 3 is 2.39 bits per heavy atom. The number of rotatable bonds is 9. The molecule has 0 atom stereocenters. The van der Waals surface area contributed by atoms with E-state index < -0.39 is 34.1 Å². The molecule has 1 aliphatic carbocycles. The summed E-state index contributed by atoms with van der Waals surface area (Å²) >= 11 is 0. The minimum atomic E-state index is -3.63. The van der Waals surface area contributed by atoms with E-state index in [0.29, 0.717) is 11.3 Å². The lowest BCUT2D eigenvalue weighted by atomic mass is 10.1. The smallest absolute Gasteiger partial charge is 0.307 e. The monoisotopic (exact) mass is 444 g/mol. The molecular weight excluding hydrogens is 420 g/mol. The van der Waals surface area contributed by atoms with E-state index >= 15 is 0 Å². The Bertz CT molecular complexity index is 1080. The molecule has 2 aromatic rings. The molecule has 0 aliphatic heterocycles. The summed E-state index contributed by atoms with van der Waals surface area (Å²) < 4.78 is 29.5. The highest BCUT2D eigenvalue weighted by Gasteiger charge is 2.25. The normalized spacial score (nSPS) is 13.3. The molecule has 2 aromatic carbocycles. The highest BCUT2D eigenvalue weighted by molar-refractivity contribution is 7.91. The quantitative estimate of drug-likeness (QED) is 0.573. The van der Waals surface area contributed by atoms with Gasteiger partial charge in [-0.2, -0.15) is 0 Å². The lowest BCUT2D eigenvalue weighted by molar-refractivity contribution is -0.146. The first-order valence-electron chi connectivity index (χ1n) is 9.89. The second kappa shape index (κ2) is 9.74. The molecule has 0 radical (unpaired) electrons. The van der Waals surface area contributed by atoms with Gasteiger partial charge >= 0.3 is 5.97 Å². The van der Waals surface area contributed by atoms with Crippen molar-refractivity contribution < 1.29 is 27.5 Å². The van der Waals surface area contributed by atoms with Crippen molar-refractivity contribution in [1.82, 2.24) is 5.32 Å². The van der Waals surface area contributed by atoms with Crippen molar-refractivity contribution in [3.05, 3.63) is 59.7 Å². The number of aryl methyl sites for hydroxylation is 1. The molecule has 2 N–H and O–H groups in total. The summed E-state index contributed by atoms with van der Waals surface area (Å²) in [5.74, 6) is -2.12. The number of carbonyl (C=O) groups excluding carboxylic acids is 3. The number of hydrogen-bond donors (Lipinski definition) is 2. The van der Waals surface area contributed by atoms with Crippen LogP contribution in [0.25, 0.3) is 0 Å². The Balaban J connectivity index is 1.48. The van der Waals surface area contributed by atoms with E-state index in [1.165, 1.54) is 12.1 Å². The third kappa shape index (κ3) is 6.65. The van der Waals surface area contributed by atoms with Gasteiger partial charge in [0.1, 0.15) is 0 Å². The lowest BCUT2D eigenvalue weighted by Gasteiger charge is -2.11. The van der Waals surface area contributed by atoms with Gasteiger partial charge in [-0.3, -0.25) is 14.4 Å². The molecular formula is C22H24N2O6S. The number of para-hydroxylation sites is 1. The number of amides is 2. The second-order valence-corrected chi connectivity index (χ2v) is 9.49. The van der Waals surface area contributed by atoms with Gasteiger partial charge in [-0.15, -0.1) is 0 Å². The second-order valence-electron chi connectivity index (χ2n) is 7.38. The Kier molecular flexibility index (Phi) is 7.06. The maximum Gasteiger partial charge on any atom is 0.307 e. The molecule has 164 valence electrons. The number of carbonyl (C=O) groups is 3. The van der Waals surface area contributed by atoms with Crippen molar-refractivity contribution in [1.29, 1.82) is 0 Å². The fraction of sp³-hybridized carbons (Fsp3) is 0.318. The van der Waals surface area contributed by atoms with Crippen LogP contribution in [0.4, 0.5) is 5.69 Å². The van der Waals surface area contributed by atoms with E-state index in [9.17, 15) is 22.8 Å². The molecule has 0 bridgehead atoms. The van der Waals surface area contributed by atoms with Gasteiger partial charge in [-0.1, -0.05) is 29.8 Å². The Labute approximate surface area is 180 Å². The third-order valence-corrected chi connectivity index (χ3v) is 6.41. The fourth-order valence-electron chi connectivity index (χ4n) is 2.77. The molecule has 1 saturated carbocycles. The zero-order valence-electron chi connectivity index (χ0n) is 17.1. The van der Waals surface area contributed by atoms with Crippen LogP contribution in [0, 0.1) is 6.92 Å². The number of benzene rings is 2. The van der Waals surface area contributed by atoms with Gasteiger partial charge in [0.25, 0.3) is 11.8 Å². The summed E-state index contributed by atoms with van der Waals surface area (Å²) in [6.45, 7) is 1.26. The molecule has 0 spiro atoms. The van der Waals surface area contributed by atoms with E-state index in [1.54, 1.807) is 36.4 Å². The van der Waals surface area contributed by atoms with Crippen molar-refractivity contribution in [2.75, 3.05) is 17.7 Å². The topological polar surface area (TPSA) is 119 Å². The van der Waals surface area contributed by atoms with Crippen LogP contribution in [0.1, 0.15) is 35.2 Å². The Morgan fingerprint density at radius 2 is 1.71 bits per heavy atom. The largest absolute Gasteiger partial charge is 0.456 e. The van der Waals surface area contributed by atoms with Gasteiger partial charge in [0, 0.05) is 6.04 Å². The van der Waals surface area contributed by atoms with E-state index in [4.69, 9.17) is 4.74 Å². The number of esters is 1. The van der Waals surface area contributed by atoms with E-state index in [1.807, 2.05) is 6.92 Å². The molecule has 31 heavy (non-hydrogen) atoms. The molecule has 2 amide bonds. The highest BCUT2D eigenvalue weighted by Crippen LogP contribution is 2.21. The van der Waals surface area contributed by atoms with E-state index in [-0.39, 0.29) is 23.3 Å². The number of anilines is 1. The first kappa shape index (κ1) is 22.5. The highest BCUT2D eigenvalue weighted by atomic mass is 32.2. The first-order valence-corrected chi connectivity index (χ1v) is 11.5. The van der Waals surface area contributed by atoms with Crippen molar-refractivity contribution >= 4 is 33.3 Å². The summed E-state index contributed by atoms with van der Waals surface area (Å²) in [6, 6.07) is 13.0. The molecule has 0 unspecified atom stereocenters. The van der Waals surface area contributed by atoms with Gasteiger partial charge in [-0.25, -0.2) is 8.42 Å². The predicted molar refractivity (Wildman–Crippen MR) is 114 cm³/mol. The van der Waals surface area contributed by atoms with Crippen LogP contribution in [0.2, 0.25) is 0 Å². The third-order valence-electron chi connectivity index (χ3n) is 4.68. The predicted octanol–water partition coefficient (Wildman–Crippen LogP) is 2.23. The van der Waals surface area contributed by atoms with Crippen LogP contribution in [0.15, 0.2) is 53.4 Å². The summed E-state index contributed by atoms with van der Waals surface area (Å²) in [7, 11) is -3.63. The summed E-state index contributed by atoms with van der Waals surface area (Å²) in [6.07, 6.45) is 1.51. The molecule has 1 aliphatic rings. The molecule has 0 heterocycles. The summed E-state index contributed by atoms with van der Waals surface area (Å²) in [4.78, 5) is 36.5. The Morgan fingerprint density at radius 1 is 1.03 bits per heavy atom. The molecule has 0 aromatic heterocycles. The average molecular weight is 445 g/mol. The number of sulfone groups is 1. The number of hydrogen-bond acceptors (Lipinski definition) is 6. The van der Waals surface area contributed by atoms with Crippen LogP contribution >= 0.6 is 0 Å². The van der Waals surface area contributed by atoms with Gasteiger partial charge in [0.2, 0.25) is 0 Å². The zero-order valence-corrected chi connectivity index (χ0v) is 17.9. The van der Waals surface area contributed by atoms with Crippen LogP contribution in [0.3, 0.4) is 0 Å². The molecule has 1 fully saturated rings. The van der Waals surface area contributed by atoms with Crippen molar-refractivity contribution in [2.24, 2.45) is 0 Å². The minimum Gasteiger partial charge on any atom is -0.456 e. The standard InChI is InChI=1S/C22H24N2O6S/c1-15-6-10-17(11-7-15)31(28,29)13-12-21(26)30-14-20(25)24-19-5-3-2-4-18(19)22(27)23-16-8-9-16/h2-7,10-11,16H,8-9,12-14H2,1H3,(H,23,27)(H,24,25). The van der Waals surface area contributed by atoms with Crippen LogP contribution in [-0.4, -0.2) is 44.6 Å². The zero-order chi connectivity index (χ0) is 22.4. The fourth-order valence-corrected chi connectivity index (χ4v) is 3.99. The van der Waals surface area contributed by atoms with Crippen molar-refractivity contribution in [2.45, 2.75) is 37.1 Å². The maximum atomic E-state index is 12.3. The molecule has 8 nitrogen and oxygen atoms in total. The first-order chi connectivity index (χ1) is 14.7. The molecule has 9 heteroatoms. The summed E-state index contributed by atoms with van der Waals surface area (Å²) in [5.41, 5.74) is 1.55. The minimum absolute atomic E-state index is 0.129. The SMILES string of the molecule is Cc1ccc(S(=O)(=O)CCC(=O)OCC(=O)Nc2ccccc2C(=O)NC2CC2)cc1. The van der Waals surface area contributed by atoms with Crippen molar-refractivity contribution in [3.8, 4) is 0 Å². The lowest BCUT2D eigenvalue weighted by Crippen LogP contribution is -2.28. The van der Waals surface area contributed by atoms with Crippen LogP contribution in [0.5, 0.6) is 0 Å². The van der Waals surface area contributed by atoms with Gasteiger partial charge in [0.15, 0.2) is 16.4 Å².